The van der Waals surface area contributed by atoms with Crippen LogP contribution in [0.3, 0.4) is 0 Å². The maximum Gasteiger partial charge on any atom is 0.409 e. The first-order valence-corrected chi connectivity index (χ1v) is 12.0. The summed E-state index contributed by atoms with van der Waals surface area (Å²) in [5, 5.41) is 0. The van der Waals surface area contributed by atoms with Gasteiger partial charge in [-0.1, -0.05) is 25.1 Å². The van der Waals surface area contributed by atoms with E-state index in [4.69, 9.17) is 0 Å². The van der Waals surface area contributed by atoms with Crippen molar-refractivity contribution in [1.29, 1.82) is 0 Å². The first-order chi connectivity index (χ1) is 15.7. The van der Waals surface area contributed by atoms with Crippen LogP contribution in [-0.4, -0.2) is 48.5 Å². The first-order valence-electron chi connectivity index (χ1n) is 10.6. The Balaban J connectivity index is 2.01. The third kappa shape index (κ3) is 5.25. The number of rotatable bonds is 6. The number of hydrogen-bond donors (Lipinski definition) is 0. The third-order valence-corrected chi connectivity index (χ3v) is 7.62. The number of amides is 1. The zero-order valence-electron chi connectivity index (χ0n) is 18.9. The SMILES string of the molecule is CCN([C@H](c1ccc(F)cc1)C(F)(F)F)S(=O)(=O)c1ccc2c(c1)CN(C(=O)C(C)(C)F)CC2. The van der Waals surface area contributed by atoms with Crippen LogP contribution < -0.4 is 0 Å². The van der Waals surface area contributed by atoms with Crippen molar-refractivity contribution < 1.29 is 35.2 Å². The number of benzene rings is 2. The number of fused-ring (bicyclic) bond motifs is 1. The summed E-state index contributed by atoms with van der Waals surface area (Å²) < 4.78 is 96.6. The van der Waals surface area contributed by atoms with Crippen LogP contribution in [0.4, 0.5) is 22.0 Å². The van der Waals surface area contributed by atoms with Gasteiger partial charge in [0.2, 0.25) is 10.0 Å². The lowest BCUT2D eigenvalue weighted by atomic mass is 9.98. The Labute approximate surface area is 195 Å². The van der Waals surface area contributed by atoms with Gasteiger partial charge in [0, 0.05) is 19.6 Å². The molecule has 2 aromatic rings. The maximum absolute atomic E-state index is 14.1. The Morgan fingerprint density at radius 1 is 1.06 bits per heavy atom. The molecule has 0 N–H and O–H groups in total. The van der Waals surface area contributed by atoms with E-state index in [9.17, 15) is 35.2 Å². The number of sulfonamides is 1. The molecule has 1 heterocycles. The molecule has 1 aliphatic heterocycles. The van der Waals surface area contributed by atoms with Gasteiger partial charge in [-0.2, -0.15) is 17.5 Å². The van der Waals surface area contributed by atoms with E-state index < -0.39 is 51.7 Å². The molecule has 0 bridgehead atoms. The number of alkyl halides is 4. The lowest BCUT2D eigenvalue weighted by molar-refractivity contribution is -0.173. The largest absolute Gasteiger partial charge is 0.409 e. The molecule has 2 aromatic carbocycles. The second kappa shape index (κ2) is 9.26. The molecule has 1 atom stereocenters. The normalized spacial score (nSPS) is 15.9. The Morgan fingerprint density at radius 3 is 2.21 bits per heavy atom. The Morgan fingerprint density at radius 2 is 1.68 bits per heavy atom. The fourth-order valence-corrected chi connectivity index (χ4v) is 5.69. The van der Waals surface area contributed by atoms with E-state index in [0.29, 0.717) is 16.3 Å². The number of halogens is 5. The van der Waals surface area contributed by atoms with Gasteiger partial charge in [-0.15, -0.1) is 0 Å². The molecular formula is C23H25F5N2O3S. The second-order valence-electron chi connectivity index (χ2n) is 8.58. The van der Waals surface area contributed by atoms with Crippen molar-refractivity contribution >= 4 is 15.9 Å². The topological polar surface area (TPSA) is 57.7 Å². The number of carbonyl (C=O) groups is 1. The van der Waals surface area contributed by atoms with Gasteiger partial charge in [0.05, 0.1) is 4.90 Å². The van der Waals surface area contributed by atoms with Gasteiger partial charge in [0.15, 0.2) is 5.67 Å². The van der Waals surface area contributed by atoms with Crippen molar-refractivity contribution in [1.82, 2.24) is 9.21 Å². The fourth-order valence-electron chi connectivity index (χ4n) is 4.03. The highest BCUT2D eigenvalue weighted by Crippen LogP contribution is 2.41. The summed E-state index contributed by atoms with van der Waals surface area (Å²) in [5.74, 6) is -1.50. The number of hydrogen-bond acceptors (Lipinski definition) is 3. The van der Waals surface area contributed by atoms with Crippen molar-refractivity contribution in [3.63, 3.8) is 0 Å². The molecule has 5 nitrogen and oxygen atoms in total. The molecular weight excluding hydrogens is 479 g/mol. The minimum absolute atomic E-state index is 0.0579. The van der Waals surface area contributed by atoms with Crippen LogP contribution in [0.25, 0.3) is 0 Å². The predicted octanol–water partition coefficient (Wildman–Crippen LogP) is 4.77. The molecule has 0 aliphatic carbocycles. The highest BCUT2D eigenvalue weighted by molar-refractivity contribution is 7.89. The predicted molar refractivity (Wildman–Crippen MR) is 116 cm³/mol. The van der Waals surface area contributed by atoms with E-state index in [1.807, 2.05) is 0 Å². The lowest BCUT2D eigenvalue weighted by Crippen LogP contribution is -2.45. The van der Waals surface area contributed by atoms with E-state index in [1.165, 1.54) is 30.0 Å². The van der Waals surface area contributed by atoms with Gasteiger partial charge in [-0.25, -0.2) is 17.2 Å². The molecule has 0 radical (unpaired) electrons. The zero-order valence-corrected chi connectivity index (χ0v) is 19.7. The molecule has 11 heteroatoms. The summed E-state index contributed by atoms with van der Waals surface area (Å²) in [7, 11) is -4.65. The van der Waals surface area contributed by atoms with Crippen LogP contribution in [0, 0.1) is 5.82 Å². The molecule has 0 fully saturated rings. The van der Waals surface area contributed by atoms with Gasteiger partial charge >= 0.3 is 6.18 Å². The first kappa shape index (κ1) is 26.1. The molecule has 34 heavy (non-hydrogen) atoms. The molecule has 1 amide bonds. The Hall–Kier alpha value is -2.53. The molecule has 0 saturated heterocycles. The Kier molecular flexibility index (Phi) is 7.10. The average molecular weight is 505 g/mol. The van der Waals surface area contributed by atoms with Crippen LogP contribution in [0.2, 0.25) is 0 Å². The van der Waals surface area contributed by atoms with Crippen molar-refractivity contribution in [3.8, 4) is 0 Å². The molecule has 3 rings (SSSR count). The number of nitrogens with zero attached hydrogens (tertiary/aromatic N) is 2. The molecule has 1 aliphatic rings. The van der Waals surface area contributed by atoms with Gasteiger partial charge in [0.1, 0.15) is 11.9 Å². The summed E-state index contributed by atoms with van der Waals surface area (Å²) in [5.41, 5.74) is -1.38. The molecule has 0 unspecified atom stereocenters. The second-order valence-corrected chi connectivity index (χ2v) is 10.5. The summed E-state index contributed by atoms with van der Waals surface area (Å²) in [6, 6.07) is 4.92. The van der Waals surface area contributed by atoms with Crippen LogP contribution in [-0.2, 0) is 27.8 Å². The summed E-state index contributed by atoms with van der Waals surface area (Å²) in [6.07, 6.45) is -4.61. The minimum atomic E-state index is -4.97. The maximum atomic E-state index is 14.1. The molecule has 186 valence electrons. The van der Waals surface area contributed by atoms with Gasteiger partial charge < -0.3 is 4.90 Å². The molecule has 0 saturated carbocycles. The van der Waals surface area contributed by atoms with Crippen LogP contribution in [0.15, 0.2) is 47.4 Å². The number of carbonyl (C=O) groups excluding carboxylic acids is 1. The quantitative estimate of drug-likeness (QED) is 0.533. The third-order valence-electron chi connectivity index (χ3n) is 5.69. The van der Waals surface area contributed by atoms with Crippen molar-refractivity contribution in [2.24, 2.45) is 0 Å². The molecule has 0 spiro atoms. The minimum Gasteiger partial charge on any atom is -0.335 e. The monoisotopic (exact) mass is 504 g/mol. The fraction of sp³-hybridized carbons (Fsp3) is 0.435. The van der Waals surface area contributed by atoms with Gasteiger partial charge in [-0.05, 0) is 61.2 Å². The Bertz CT molecular complexity index is 1160. The highest BCUT2D eigenvalue weighted by atomic mass is 32.2. The van der Waals surface area contributed by atoms with Crippen molar-refractivity contribution in [3.05, 3.63) is 65.0 Å². The van der Waals surface area contributed by atoms with Gasteiger partial charge in [-0.3, -0.25) is 4.79 Å². The standard InChI is InChI=1S/C23H25F5N2O3S/c1-4-30(20(23(26,27)28)16-5-8-18(24)9-6-16)34(32,33)19-10-7-15-11-12-29(14-17(15)13-19)21(31)22(2,3)25/h5-10,13,20H,4,11-12,14H2,1-3H3/t20-/m1/s1. The van der Waals surface area contributed by atoms with Crippen LogP contribution >= 0.6 is 0 Å². The van der Waals surface area contributed by atoms with E-state index in [2.05, 4.69) is 0 Å². The molecule has 0 aromatic heterocycles. The summed E-state index contributed by atoms with van der Waals surface area (Å²) in [4.78, 5) is 13.2. The van der Waals surface area contributed by atoms with E-state index in [0.717, 1.165) is 43.7 Å². The zero-order chi connectivity index (χ0) is 25.5. The average Bonchev–Trinajstić information content (AvgIpc) is 2.75. The van der Waals surface area contributed by atoms with Crippen molar-refractivity contribution in [2.75, 3.05) is 13.1 Å². The highest BCUT2D eigenvalue weighted by Gasteiger charge is 2.48. The van der Waals surface area contributed by atoms with E-state index in [1.54, 1.807) is 0 Å². The smallest absolute Gasteiger partial charge is 0.335 e. The van der Waals surface area contributed by atoms with Crippen LogP contribution in [0.5, 0.6) is 0 Å². The van der Waals surface area contributed by atoms with Crippen molar-refractivity contribution in [2.45, 2.75) is 56.5 Å². The lowest BCUT2D eigenvalue weighted by Gasteiger charge is -2.33. The van der Waals surface area contributed by atoms with Crippen LogP contribution in [0.1, 0.15) is 43.5 Å². The summed E-state index contributed by atoms with van der Waals surface area (Å²) >= 11 is 0. The van der Waals surface area contributed by atoms with E-state index in [-0.39, 0.29) is 18.0 Å². The summed E-state index contributed by atoms with van der Waals surface area (Å²) in [6.45, 7) is 3.21. The van der Waals surface area contributed by atoms with E-state index >= 15 is 0 Å². The van der Waals surface area contributed by atoms with Gasteiger partial charge in [0.25, 0.3) is 5.91 Å².